The second-order valence-corrected chi connectivity index (χ2v) is 7.13. The molecule has 0 spiro atoms. The van der Waals surface area contributed by atoms with Crippen molar-refractivity contribution in [3.05, 3.63) is 42.4 Å². The van der Waals surface area contributed by atoms with Crippen LogP contribution in [0.5, 0.6) is 5.75 Å². The fourth-order valence-electron chi connectivity index (χ4n) is 3.85. The standard InChI is InChI=1S/C21H22N6O3/c1-2-30-17-8-18(20-15(9-22)11-24-27(20)13-17)14-5-6-19(23-10-14)26-7-3-4-16(12-26)25-21(28)29/h5-6,8,10-11,13,16,25H,2-4,7,12H2,1H3,(H,28,29)/t16-/m1/s1. The highest BCUT2D eigenvalue weighted by Gasteiger charge is 2.22. The van der Waals surface area contributed by atoms with Crippen LogP contribution in [0.4, 0.5) is 10.6 Å². The van der Waals surface area contributed by atoms with Gasteiger partial charge in [-0.2, -0.15) is 10.4 Å². The van der Waals surface area contributed by atoms with Crippen molar-refractivity contribution in [1.29, 1.82) is 5.26 Å². The van der Waals surface area contributed by atoms with E-state index < -0.39 is 6.09 Å². The van der Waals surface area contributed by atoms with Gasteiger partial charge in [-0.1, -0.05) is 0 Å². The molecule has 2 N–H and O–H groups in total. The van der Waals surface area contributed by atoms with Gasteiger partial charge >= 0.3 is 6.09 Å². The highest BCUT2D eigenvalue weighted by atomic mass is 16.5. The van der Waals surface area contributed by atoms with E-state index in [1.807, 2.05) is 25.1 Å². The van der Waals surface area contributed by atoms with E-state index in [-0.39, 0.29) is 6.04 Å². The number of carbonyl (C=O) groups is 1. The molecule has 0 aliphatic carbocycles. The summed E-state index contributed by atoms with van der Waals surface area (Å²) in [5.41, 5.74) is 2.85. The Labute approximate surface area is 173 Å². The van der Waals surface area contributed by atoms with Crippen molar-refractivity contribution in [3.8, 4) is 22.9 Å². The Morgan fingerprint density at radius 3 is 3.00 bits per heavy atom. The first-order chi connectivity index (χ1) is 14.6. The number of aromatic nitrogens is 3. The lowest BCUT2D eigenvalue weighted by Crippen LogP contribution is -2.47. The SMILES string of the molecule is CCOc1cc(-c2ccc(N3CCC[C@@H](NC(=O)O)C3)nc2)c2c(C#N)cnn2c1. The molecule has 1 atom stereocenters. The molecule has 30 heavy (non-hydrogen) atoms. The molecule has 1 aliphatic rings. The average Bonchev–Trinajstić information content (AvgIpc) is 3.16. The van der Waals surface area contributed by atoms with Crippen LogP contribution in [0.25, 0.3) is 16.6 Å². The Balaban J connectivity index is 1.66. The summed E-state index contributed by atoms with van der Waals surface area (Å²) in [7, 11) is 0. The number of piperidine rings is 1. The zero-order chi connectivity index (χ0) is 21.1. The van der Waals surface area contributed by atoms with Crippen LogP contribution < -0.4 is 15.0 Å². The molecular weight excluding hydrogens is 384 g/mol. The second-order valence-electron chi connectivity index (χ2n) is 7.13. The van der Waals surface area contributed by atoms with Crippen LogP contribution in [-0.2, 0) is 0 Å². The first-order valence-electron chi connectivity index (χ1n) is 9.84. The molecule has 0 radical (unpaired) electrons. The highest BCUT2D eigenvalue weighted by Crippen LogP contribution is 2.31. The van der Waals surface area contributed by atoms with E-state index in [9.17, 15) is 10.1 Å². The Bertz CT molecular complexity index is 1100. The van der Waals surface area contributed by atoms with Gasteiger partial charge in [0.05, 0.1) is 30.1 Å². The minimum absolute atomic E-state index is 0.106. The maximum absolute atomic E-state index is 10.9. The zero-order valence-corrected chi connectivity index (χ0v) is 16.6. The average molecular weight is 406 g/mol. The third-order valence-corrected chi connectivity index (χ3v) is 5.15. The minimum atomic E-state index is -1.00. The number of nitrogens with one attached hydrogen (secondary N) is 1. The molecule has 1 amide bonds. The molecule has 1 saturated heterocycles. The number of nitrogens with zero attached hydrogens (tertiary/aromatic N) is 5. The quantitative estimate of drug-likeness (QED) is 0.669. The Morgan fingerprint density at radius 1 is 1.43 bits per heavy atom. The normalized spacial score (nSPS) is 16.3. The van der Waals surface area contributed by atoms with Gasteiger partial charge in [0.1, 0.15) is 17.6 Å². The van der Waals surface area contributed by atoms with Gasteiger partial charge in [-0.15, -0.1) is 0 Å². The summed E-state index contributed by atoms with van der Waals surface area (Å²) in [5, 5.41) is 25.3. The largest absolute Gasteiger partial charge is 0.492 e. The molecule has 3 aromatic rings. The van der Waals surface area contributed by atoms with Crippen molar-refractivity contribution < 1.29 is 14.6 Å². The highest BCUT2D eigenvalue weighted by molar-refractivity contribution is 5.85. The van der Waals surface area contributed by atoms with Crippen molar-refractivity contribution in [2.24, 2.45) is 0 Å². The first-order valence-corrected chi connectivity index (χ1v) is 9.84. The number of pyridine rings is 2. The molecule has 4 rings (SSSR count). The third-order valence-electron chi connectivity index (χ3n) is 5.15. The number of amides is 1. The fraction of sp³-hybridized carbons (Fsp3) is 0.333. The predicted molar refractivity (Wildman–Crippen MR) is 111 cm³/mol. The van der Waals surface area contributed by atoms with Gasteiger partial charge in [0, 0.05) is 36.5 Å². The van der Waals surface area contributed by atoms with E-state index >= 15 is 0 Å². The Hall–Kier alpha value is -3.80. The number of fused-ring (bicyclic) bond motifs is 1. The van der Waals surface area contributed by atoms with Crippen LogP contribution in [0.15, 0.2) is 36.8 Å². The van der Waals surface area contributed by atoms with Gasteiger partial charge in [0.2, 0.25) is 0 Å². The summed E-state index contributed by atoms with van der Waals surface area (Å²) in [6, 6.07) is 7.85. The van der Waals surface area contributed by atoms with E-state index in [1.165, 1.54) is 0 Å². The molecule has 1 fully saturated rings. The first kappa shape index (κ1) is 19.5. The lowest BCUT2D eigenvalue weighted by atomic mass is 10.0. The molecule has 9 nitrogen and oxygen atoms in total. The number of rotatable bonds is 5. The summed E-state index contributed by atoms with van der Waals surface area (Å²) < 4.78 is 7.31. The number of anilines is 1. The van der Waals surface area contributed by atoms with E-state index in [1.54, 1.807) is 23.1 Å². The van der Waals surface area contributed by atoms with Crippen molar-refractivity contribution in [1.82, 2.24) is 19.9 Å². The molecule has 154 valence electrons. The van der Waals surface area contributed by atoms with Crippen LogP contribution in [0, 0.1) is 11.3 Å². The van der Waals surface area contributed by atoms with E-state index in [0.29, 0.717) is 30.0 Å². The maximum Gasteiger partial charge on any atom is 0.404 e. The Morgan fingerprint density at radius 2 is 2.30 bits per heavy atom. The maximum atomic E-state index is 10.9. The predicted octanol–water partition coefficient (Wildman–Crippen LogP) is 2.90. The minimum Gasteiger partial charge on any atom is -0.492 e. The fourth-order valence-corrected chi connectivity index (χ4v) is 3.85. The number of hydrogen-bond donors (Lipinski definition) is 2. The van der Waals surface area contributed by atoms with Crippen molar-refractivity contribution >= 4 is 17.4 Å². The number of carboxylic acid groups (broad SMARTS) is 1. The molecule has 0 bridgehead atoms. The molecule has 4 heterocycles. The van der Waals surface area contributed by atoms with Crippen LogP contribution in [0.3, 0.4) is 0 Å². The Kier molecular flexibility index (Phi) is 5.39. The summed E-state index contributed by atoms with van der Waals surface area (Å²) in [5.74, 6) is 1.46. The van der Waals surface area contributed by atoms with Gasteiger partial charge in [0.25, 0.3) is 0 Å². The zero-order valence-electron chi connectivity index (χ0n) is 16.6. The molecule has 0 aromatic carbocycles. The van der Waals surface area contributed by atoms with E-state index in [2.05, 4.69) is 26.4 Å². The van der Waals surface area contributed by atoms with Crippen LogP contribution in [0.1, 0.15) is 25.3 Å². The summed E-state index contributed by atoms with van der Waals surface area (Å²) in [6.07, 6.45) is 5.78. The van der Waals surface area contributed by atoms with E-state index in [4.69, 9.17) is 9.84 Å². The number of hydrogen-bond acceptors (Lipinski definition) is 6. The molecule has 0 saturated carbocycles. The third kappa shape index (κ3) is 3.85. The molecule has 0 unspecified atom stereocenters. The van der Waals surface area contributed by atoms with Crippen LogP contribution >= 0.6 is 0 Å². The number of ether oxygens (including phenoxy) is 1. The molecule has 1 aliphatic heterocycles. The van der Waals surface area contributed by atoms with Crippen molar-refractivity contribution in [2.45, 2.75) is 25.8 Å². The smallest absolute Gasteiger partial charge is 0.404 e. The topological polar surface area (TPSA) is 116 Å². The molecular formula is C21H22N6O3. The summed E-state index contributed by atoms with van der Waals surface area (Å²) >= 11 is 0. The van der Waals surface area contributed by atoms with Gasteiger partial charge in [-0.05, 0) is 38.0 Å². The van der Waals surface area contributed by atoms with Gasteiger partial charge in [-0.25, -0.2) is 14.3 Å². The molecule has 9 heteroatoms. The summed E-state index contributed by atoms with van der Waals surface area (Å²) in [6.45, 7) is 3.85. The number of nitriles is 1. The monoisotopic (exact) mass is 406 g/mol. The van der Waals surface area contributed by atoms with Gasteiger partial charge in [-0.3, -0.25) is 0 Å². The second kappa shape index (κ2) is 8.29. The van der Waals surface area contributed by atoms with Gasteiger partial charge < -0.3 is 20.1 Å². The molecule has 3 aromatic heterocycles. The summed E-state index contributed by atoms with van der Waals surface area (Å²) in [4.78, 5) is 17.6. The van der Waals surface area contributed by atoms with Crippen molar-refractivity contribution in [3.63, 3.8) is 0 Å². The van der Waals surface area contributed by atoms with Gasteiger partial charge in [0.15, 0.2) is 0 Å². The van der Waals surface area contributed by atoms with E-state index in [0.717, 1.165) is 36.3 Å². The lowest BCUT2D eigenvalue weighted by molar-refractivity contribution is 0.188. The van der Waals surface area contributed by atoms with Crippen molar-refractivity contribution in [2.75, 3.05) is 24.6 Å². The lowest BCUT2D eigenvalue weighted by Gasteiger charge is -2.33. The van der Waals surface area contributed by atoms with Crippen LogP contribution in [-0.4, -0.2) is 51.5 Å². The van der Waals surface area contributed by atoms with Crippen LogP contribution in [0.2, 0.25) is 0 Å².